The smallest absolute Gasteiger partial charge is 0.288 e. The third-order valence-electron chi connectivity index (χ3n) is 5.08. The minimum atomic E-state index is -0.511. The molecular formula is C22H22N4O2. The highest BCUT2D eigenvalue weighted by Crippen LogP contribution is 2.29. The summed E-state index contributed by atoms with van der Waals surface area (Å²) in [4.78, 5) is 25.2. The first kappa shape index (κ1) is 18.0. The molecule has 0 fully saturated rings. The first-order valence-electron chi connectivity index (χ1n) is 9.45. The van der Waals surface area contributed by atoms with E-state index in [-0.39, 0.29) is 11.5 Å². The Morgan fingerprint density at radius 2 is 1.86 bits per heavy atom. The lowest BCUT2D eigenvalue weighted by Crippen LogP contribution is -2.32. The molecule has 6 heteroatoms. The summed E-state index contributed by atoms with van der Waals surface area (Å²) in [5.74, 6) is -0.105. The van der Waals surface area contributed by atoms with Crippen LogP contribution < -0.4 is 10.9 Å². The van der Waals surface area contributed by atoms with Crippen molar-refractivity contribution < 1.29 is 4.79 Å². The number of hydrogen-bond acceptors (Lipinski definition) is 3. The number of hydrogen-bond donors (Lipinski definition) is 2. The number of benzene rings is 2. The van der Waals surface area contributed by atoms with Crippen LogP contribution in [0.15, 0.2) is 65.6 Å². The highest BCUT2D eigenvalue weighted by molar-refractivity contribution is 6.08. The number of nitrogens with one attached hydrogen (secondary N) is 2. The molecule has 0 aliphatic carbocycles. The number of rotatable bonds is 6. The van der Waals surface area contributed by atoms with E-state index in [4.69, 9.17) is 0 Å². The second kappa shape index (κ2) is 7.68. The minimum Gasteiger partial charge on any atom is -0.354 e. The molecule has 2 aromatic heterocycles. The Hall–Kier alpha value is -3.41. The van der Waals surface area contributed by atoms with Gasteiger partial charge in [0.1, 0.15) is 11.6 Å². The van der Waals surface area contributed by atoms with Crippen molar-refractivity contribution >= 4 is 27.7 Å². The second-order valence-corrected chi connectivity index (χ2v) is 6.90. The van der Waals surface area contributed by atoms with Gasteiger partial charge in [-0.15, -0.1) is 0 Å². The van der Waals surface area contributed by atoms with Gasteiger partial charge in [-0.1, -0.05) is 48.5 Å². The standard InChI is InChI=1S/C22H22N4O2/c1-15(21(27)23-13-7-10-16-8-3-2-4-9-16)26-19-12-6-5-11-17(19)18-14-24-25-22(28)20(18)26/h2-6,8-9,11-12,14-15H,7,10,13H2,1H3,(H,23,27)(H,25,28). The normalized spacial score (nSPS) is 12.3. The van der Waals surface area contributed by atoms with Crippen LogP contribution in [0.3, 0.4) is 0 Å². The fraction of sp³-hybridized carbons (Fsp3) is 0.227. The predicted molar refractivity (Wildman–Crippen MR) is 110 cm³/mol. The lowest BCUT2D eigenvalue weighted by Gasteiger charge is -2.16. The van der Waals surface area contributed by atoms with Crippen molar-refractivity contribution in [3.05, 3.63) is 76.7 Å². The molecule has 0 saturated heterocycles. The topological polar surface area (TPSA) is 79.8 Å². The fourth-order valence-electron chi connectivity index (χ4n) is 3.68. The summed E-state index contributed by atoms with van der Waals surface area (Å²) in [6, 6.07) is 17.4. The average molecular weight is 374 g/mol. The summed E-state index contributed by atoms with van der Waals surface area (Å²) in [5.41, 5.74) is 2.29. The van der Waals surface area contributed by atoms with Gasteiger partial charge in [0.2, 0.25) is 5.91 Å². The van der Waals surface area contributed by atoms with E-state index in [9.17, 15) is 9.59 Å². The average Bonchev–Trinajstić information content (AvgIpc) is 3.07. The van der Waals surface area contributed by atoms with Crippen molar-refractivity contribution in [1.29, 1.82) is 0 Å². The van der Waals surface area contributed by atoms with E-state index in [2.05, 4.69) is 27.6 Å². The van der Waals surface area contributed by atoms with Gasteiger partial charge in [0.05, 0.1) is 11.7 Å². The number of carbonyl (C=O) groups is 1. The maximum absolute atomic E-state index is 12.8. The molecule has 4 rings (SSSR count). The van der Waals surface area contributed by atoms with Crippen LogP contribution >= 0.6 is 0 Å². The SMILES string of the molecule is CC(C(=O)NCCCc1ccccc1)n1c2ccccc2c2cn[nH]c(=O)c21. The highest BCUT2D eigenvalue weighted by atomic mass is 16.2. The molecule has 0 radical (unpaired) electrons. The molecule has 2 heterocycles. The maximum atomic E-state index is 12.8. The van der Waals surface area contributed by atoms with Crippen LogP contribution in [0, 0.1) is 0 Å². The number of fused-ring (bicyclic) bond motifs is 3. The Balaban J connectivity index is 1.55. The zero-order valence-electron chi connectivity index (χ0n) is 15.7. The largest absolute Gasteiger partial charge is 0.354 e. The van der Waals surface area contributed by atoms with Crippen LogP contribution in [-0.2, 0) is 11.2 Å². The zero-order chi connectivity index (χ0) is 19.5. The van der Waals surface area contributed by atoms with Gasteiger partial charge in [0, 0.05) is 17.3 Å². The third kappa shape index (κ3) is 3.29. The Kier molecular flexibility index (Phi) is 4.93. The summed E-state index contributed by atoms with van der Waals surface area (Å²) in [6.07, 6.45) is 3.41. The summed E-state index contributed by atoms with van der Waals surface area (Å²) in [5, 5.41) is 11.1. The third-order valence-corrected chi connectivity index (χ3v) is 5.08. The van der Waals surface area contributed by atoms with E-state index in [0.717, 1.165) is 29.1 Å². The molecule has 6 nitrogen and oxygen atoms in total. The van der Waals surface area contributed by atoms with Gasteiger partial charge in [-0.3, -0.25) is 9.59 Å². The van der Waals surface area contributed by atoms with Gasteiger partial charge >= 0.3 is 0 Å². The fourth-order valence-corrected chi connectivity index (χ4v) is 3.68. The van der Waals surface area contributed by atoms with Gasteiger partial charge in [0.15, 0.2) is 0 Å². The summed E-state index contributed by atoms with van der Waals surface area (Å²) in [7, 11) is 0. The number of nitrogens with zero attached hydrogens (tertiary/aromatic N) is 2. The zero-order valence-corrected chi connectivity index (χ0v) is 15.7. The highest BCUT2D eigenvalue weighted by Gasteiger charge is 2.22. The van der Waals surface area contributed by atoms with Gasteiger partial charge in [-0.2, -0.15) is 5.10 Å². The summed E-state index contributed by atoms with van der Waals surface area (Å²) in [6.45, 7) is 2.41. The van der Waals surface area contributed by atoms with Crippen LogP contribution in [0.2, 0.25) is 0 Å². The van der Waals surface area contributed by atoms with Crippen LogP contribution in [0.5, 0.6) is 0 Å². The Morgan fingerprint density at radius 3 is 2.68 bits per heavy atom. The second-order valence-electron chi connectivity index (χ2n) is 6.90. The molecule has 0 spiro atoms. The number of aryl methyl sites for hydroxylation is 1. The summed E-state index contributed by atoms with van der Waals surface area (Å²) >= 11 is 0. The van der Waals surface area contributed by atoms with Gasteiger partial charge in [-0.05, 0) is 31.4 Å². The van der Waals surface area contributed by atoms with Crippen molar-refractivity contribution in [3.8, 4) is 0 Å². The number of carbonyl (C=O) groups excluding carboxylic acids is 1. The molecule has 1 unspecified atom stereocenters. The first-order valence-corrected chi connectivity index (χ1v) is 9.45. The number of H-pyrrole nitrogens is 1. The van der Waals surface area contributed by atoms with Crippen molar-refractivity contribution in [2.45, 2.75) is 25.8 Å². The molecular weight excluding hydrogens is 352 g/mol. The Labute approximate surface area is 162 Å². The Bertz CT molecular complexity index is 1180. The van der Waals surface area contributed by atoms with Crippen molar-refractivity contribution in [2.24, 2.45) is 0 Å². The predicted octanol–water partition coefficient (Wildman–Crippen LogP) is 3.19. The van der Waals surface area contributed by atoms with Crippen molar-refractivity contribution in [1.82, 2.24) is 20.1 Å². The van der Waals surface area contributed by atoms with Crippen LogP contribution in [0.25, 0.3) is 21.8 Å². The lowest BCUT2D eigenvalue weighted by atomic mass is 10.1. The molecule has 1 atom stereocenters. The molecule has 0 saturated carbocycles. The van der Waals surface area contributed by atoms with E-state index in [1.807, 2.05) is 49.4 Å². The molecule has 2 N–H and O–H groups in total. The van der Waals surface area contributed by atoms with Crippen molar-refractivity contribution in [2.75, 3.05) is 6.54 Å². The van der Waals surface area contributed by atoms with Crippen molar-refractivity contribution in [3.63, 3.8) is 0 Å². The number of amides is 1. The van der Waals surface area contributed by atoms with Gasteiger partial charge in [-0.25, -0.2) is 5.10 Å². The van der Waals surface area contributed by atoms with Crippen LogP contribution in [-0.4, -0.2) is 27.2 Å². The quantitative estimate of drug-likeness (QED) is 0.509. The molecule has 0 bridgehead atoms. The Morgan fingerprint density at radius 1 is 1.11 bits per heavy atom. The van der Waals surface area contributed by atoms with Gasteiger partial charge < -0.3 is 9.88 Å². The van der Waals surface area contributed by atoms with E-state index in [1.165, 1.54) is 5.56 Å². The first-order chi connectivity index (χ1) is 13.7. The number of aromatic nitrogens is 3. The molecule has 0 aliphatic rings. The maximum Gasteiger partial charge on any atom is 0.288 e. The van der Waals surface area contributed by atoms with E-state index < -0.39 is 6.04 Å². The van der Waals surface area contributed by atoms with E-state index in [0.29, 0.717) is 12.1 Å². The molecule has 142 valence electrons. The molecule has 4 aromatic rings. The monoisotopic (exact) mass is 374 g/mol. The van der Waals surface area contributed by atoms with E-state index in [1.54, 1.807) is 10.8 Å². The molecule has 28 heavy (non-hydrogen) atoms. The molecule has 0 aliphatic heterocycles. The number of para-hydroxylation sites is 1. The summed E-state index contributed by atoms with van der Waals surface area (Å²) < 4.78 is 1.80. The van der Waals surface area contributed by atoms with Gasteiger partial charge in [0.25, 0.3) is 5.56 Å². The lowest BCUT2D eigenvalue weighted by molar-refractivity contribution is -0.123. The molecule has 2 aromatic carbocycles. The van der Waals surface area contributed by atoms with E-state index >= 15 is 0 Å². The number of aromatic amines is 1. The minimum absolute atomic E-state index is 0.105. The van der Waals surface area contributed by atoms with Crippen LogP contribution in [0.4, 0.5) is 0 Å². The van der Waals surface area contributed by atoms with Crippen LogP contribution in [0.1, 0.15) is 24.9 Å². The molecule has 1 amide bonds.